The van der Waals surface area contributed by atoms with Crippen molar-refractivity contribution >= 4 is 5.96 Å². The van der Waals surface area contributed by atoms with Crippen LogP contribution in [0.15, 0.2) is 29.3 Å². The molecule has 2 atom stereocenters. The van der Waals surface area contributed by atoms with Gasteiger partial charge in [-0.1, -0.05) is 19.1 Å². The summed E-state index contributed by atoms with van der Waals surface area (Å²) in [5, 5.41) is 3.37. The summed E-state index contributed by atoms with van der Waals surface area (Å²) in [4.78, 5) is 7.08. The summed E-state index contributed by atoms with van der Waals surface area (Å²) in [6, 6.07) is 6.44. The molecule has 128 valence electrons. The largest absolute Gasteiger partial charge is 0.375 e. The summed E-state index contributed by atoms with van der Waals surface area (Å²) < 4.78 is 18.6. The van der Waals surface area contributed by atoms with Crippen molar-refractivity contribution < 1.29 is 9.13 Å². The van der Waals surface area contributed by atoms with Crippen LogP contribution in [0.3, 0.4) is 0 Å². The molecule has 0 amide bonds. The van der Waals surface area contributed by atoms with Gasteiger partial charge in [-0.3, -0.25) is 4.99 Å². The van der Waals surface area contributed by atoms with Gasteiger partial charge in [-0.15, -0.1) is 0 Å². The fraction of sp³-hybridized carbons (Fsp3) is 0.611. The second kappa shape index (κ2) is 8.87. The zero-order chi connectivity index (χ0) is 16.7. The molecule has 1 saturated heterocycles. The molecule has 0 saturated carbocycles. The first kappa shape index (κ1) is 17.7. The summed E-state index contributed by atoms with van der Waals surface area (Å²) in [6.45, 7) is 7.82. The fourth-order valence-electron chi connectivity index (χ4n) is 2.97. The quantitative estimate of drug-likeness (QED) is 0.668. The molecule has 2 unspecified atom stereocenters. The van der Waals surface area contributed by atoms with Crippen molar-refractivity contribution in [3.63, 3.8) is 0 Å². The van der Waals surface area contributed by atoms with E-state index in [1.165, 1.54) is 25.0 Å². The Labute approximate surface area is 138 Å². The first-order valence-electron chi connectivity index (χ1n) is 8.45. The minimum absolute atomic E-state index is 0.161. The molecule has 0 aliphatic carbocycles. The van der Waals surface area contributed by atoms with Gasteiger partial charge in [0.2, 0.25) is 0 Å². The summed E-state index contributed by atoms with van der Waals surface area (Å²) in [5.41, 5.74) is 0.945. The molecule has 1 heterocycles. The van der Waals surface area contributed by atoms with Crippen LogP contribution in [0.1, 0.15) is 38.4 Å². The van der Waals surface area contributed by atoms with E-state index in [0.717, 1.165) is 31.2 Å². The summed E-state index contributed by atoms with van der Waals surface area (Å²) in [5.74, 6) is 1.41. The van der Waals surface area contributed by atoms with E-state index in [1.54, 1.807) is 19.2 Å². The molecular weight excluding hydrogens is 293 g/mol. The maximum Gasteiger partial charge on any atom is 0.194 e. The minimum Gasteiger partial charge on any atom is -0.375 e. The minimum atomic E-state index is -0.234. The van der Waals surface area contributed by atoms with Crippen LogP contribution in [0.25, 0.3) is 0 Å². The van der Waals surface area contributed by atoms with Crippen LogP contribution in [0.4, 0.5) is 4.39 Å². The van der Waals surface area contributed by atoms with Gasteiger partial charge in [0.15, 0.2) is 5.96 Å². The van der Waals surface area contributed by atoms with Gasteiger partial charge in [0.1, 0.15) is 11.9 Å². The number of nitrogens with zero attached hydrogens (tertiary/aromatic N) is 2. The summed E-state index contributed by atoms with van der Waals surface area (Å²) >= 11 is 0. The zero-order valence-electron chi connectivity index (χ0n) is 14.4. The Hall–Kier alpha value is -1.62. The summed E-state index contributed by atoms with van der Waals surface area (Å²) in [7, 11) is 1.67. The molecule has 23 heavy (non-hydrogen) atoms. The van der Waals surface area contributed by atoms with Crippen LogP contribution in [-0.4, -0.2) is 44.1 Å². The Morgan fingerprint density at radius 1 is 1.43 bits per heavy atom. The van der Waals surface area contributed by atoms with Crippen molar-refractivity contribution in [2.24, 2.45) is 10.9 Å². The zero-order valence-corrected chi connectivity index (χ0v) is 14.4. The van der Waals surface area contributed by atoms with Crippen molar-refractivity contribution in [1.82, 2.24) is 10.2 Å². The number of aliphatic imine (C=N–C) groups is 1. The normalized spacial score (nSPS) is 20.4. The molecular formula is C18H28FN3O. The van der Waals surface area contributed by atoms with Gasteiger partial charge in [-0.2, -0.15) is 0 Å². The Bertz CT molecular complexity index is 503. The van der Waals surface area contributed by atoms with Gasteiger partial charge in [-0.25, -0.2) is 4.39 Å². The number of likely N-dealkylation sites (tertiary alicyclic amines) is 1. The molecule has 1 fully saturated rings. The molecule has 1 aliphatic rings. The number of methoxy groups -OCH3 is 1. The number of piperidine rings is 1. The number of hydrogen-bond donors (Lipinski definition) is 1. The molecule has 0 spiro atoms. The van der Waals surface area contributed by atoms with Crippen LogP contribution in [0, 0.1) is 11.7 Å². The highest BCUT2D eigenvalue weighted by Gasteiger charge is 2.20. The number of guanidine groups is 1. The van der Waals surface area contributed by atoms with E-state index in [9.17, 15) is 4.39 Å². The third-order valence-corrected chi connectivity index (χ3v) is 4.22. The second-order valence-electron chi connectivity index (χ2n) is 6.16. The number of rotatable bonds is 5. The first-order chi connectivity index (χ1) is 11.1. The predicted octanol–water partition coefficient (Wildman–Crippen LogP) is 3.21. The number of benzene rings is 1. The average Bonchev–Trinajstić information content (AvgIpc) is 2.56. The van der Waals surface area contributed by atoms with E-state index in [4.69, 9.17) is 9.73 Å². The molecule has 0 aromatic heterocycles. The molecule has 1 aromatic rings. The molecule has 2 rings (SSSR count). The Morgan fingerprint density at radius 2 is 2.17 bits per heavy atom. The highest BCUT2D eigenvalue weighted by atomic mass is 19.1. The van der Waals surface area contributed by atoms with Crippen molar-refractivity contribution in [2.75, 3.05) is 33.3 Å². The van der Waals surface area contributed by atoms with Gasteiger partial charge in [0.05, 0.1) is 6.54 Å². The van der Waals surface area contributed by atoms with Crippen LogP contribution in [0.2, 0.25) is 0 Å². The van der Waals surface area contributed by atoms with Gasteiger partial charge in [-0.05, 0) is 43.4 Å². The Balaban J connectivity index is 2.06. The molecule has 1 aliphatic heterocycles. The molecule has 0 bridgehead atoms. The van der Waals surface area contributed by atoms with E-state index in [1.807, 2.05) is 0 Å². The SMILES string of the molecule is CCNC(=NCC(OC)c1ccc(F)cc1)N1CCCC(C)C1. The smallest absolute Gasteiger partial charge is 0.194 e. The van der Waals surface area contributed by atoms with E-state index >= 15 is 0 Å². The van der Waals surface area contributed by atoms with E-state index < -0.39 is 0 Å². The van der Waals surface area contributed by atoms with E-state index in [2.05, 4.69) is 24.1 Å². The number of hydrogen-bond acceptors (Lipinski definition) is 2. The van der Waals surface area contributed by atoms with Crippen molar-refractivity contribution in [3.05, 3.63) is 35.6 Å². The van der Waals surface area contributed by atoms with Crippen molar-refractivity contribution in [3.8, 4) is 0 Å². The summed E-state index contributed by atoms with van der Waals surface area (Å²) in [6.07, 6.45) is 2.33. The Kier molecular flexibility index (Phi) is 6.84. The molecule has 1 aromatic carbocycles. The molecule has 5 heteroatoms. The highest BCUT2D eigenvalue weighted by Crippen LogP contribution is 2.19. The third kappa shape index (κ3) is 5.20. The number of nitrogens with one attached hydrogen (secondary N) is 1. The fourth-order valence-corrected chi connectivity index (χ4v) is 2.97. The molecule has 1 N–H and O–H groups in total. The molecule has 4 nitrogen and oxygen atoms in total. The lowest BCUT2D eigenvalue weighted by molar-refractivity contribution is 0.110. The number of ether oxygens (including phenoxy) is 1. The second-order valence-corrected chi connectivity index (χ2v) is 6.16. The lowest BCUT2D eigenvalue weighted by atomic mass is 10.0. The lowest BCUT2D eigenvalue weighted by Gasteiger charge is -2.33. The topological polar surface area (TPSA) is 36.9 Å². The predicted molar refractivity (Wildman–Crippen MR) is 92.1 cm³/mol. The highest BCUT2D eigenvalue weighted by molar-refractivity contribution is 5.80. The first-order valence-corrected chi connectivity index (χ1v) is 8.45. The van der Waals surface area contributed by atoms with E-state index in [-0.39, 0.29) is 11.9 Å². The maximum absolute atomic E-state index is 13.1. The van der Waals surface area contributed by atoms with Crippen molar-refractivity contribution in [1.29, 1.82) is 0 Å². The van der Waals surface area contributed by atoms with Gasteiger partial charge < -0.3 is 15.0 Å². The monoisotopic (exact) mass is 321 g/mol. The third-order valence-electron chi connectivity index (χ3n) is 4.22. The van der Waals surface area contributed by atoms with Gasteiger partial charge in [0, 0.05) is 26.7 Å². The maximum atomic E-state index is 13.1. The van der Waals surface area contributed by atoms with E-state index in [0.29, 0.717) is 12.5 Å². The van der Waals surface area contributed by atoms with Crippen LogP contribution in [-0.2, 0) is 4.74 Å². The average molecular weight is 321 g/mol. The lowest BCUT2D eigenvalue weighted by Crippen LogP contribution is -2.46. The van der Waals surface area contributed by atoms with Crippen LogP contribution >= 0.6 is 0 Å². The van der Waals surface area contributed by atoms with Crippen LogP contribution in [0.5, 0.6) is 0 Å². The van der Waals surface area contributed by atoms with Crippen LogP contribution < -0.4 is 5.32 Å². The van der Waals surface area contributed by atoms with Gasteiger partial charge >= 0.3 is 0 Å². The number of halogens is 1. The Morgan fingerprint density at radius 3 is 2.78 bits per heavy atom. The van der Waals surface area contributed by atoms with Crippen molar-refractivity contribution in [2.45, 2.75) is 32.8 Å². The standard InChI is InChI=1S/C18H28FN3O/c1-4-20-18(22-11-5-6-14(2)13-22)21-12-17(23-3)15-7-9-16(19)10-8-15/h7-10,14,17H,4-6,11-13H2,1-3H3,(H,20,21). The molecule has 0 radical (unpaired) electrons. The van der Waals surface area contributed by atoms with Gasteiger partial charge in [0.25, 0.3) is 0 Å².